The third-order valence-electron chi connectivity index (χ3n) is 9.87. The predicted octanol–water partition coefficient (Wildman–Crippen LogP) is 14.4. The van der Waals surface area contributed by atoms with Gasteiger partial charge in [-0.2, -0.15) is 0 Å². The summed E-state index contributed by atoms with van der Waals surface area (Å²) in [5, 5.41) is 4.63. The van der Waals surface area contributed by atoms with E-state index in [2.05, 4.69) is 187 Å². The lowest BCUT2D eigenvalue weighted by Gasteiger charge is -2.27. The van der Waals surface area contributed by atoms with E-state index in [4.69, 9.17) is 4.42 Å². The summed E-state index contributed by atoms with van der Waals surface area (Å²) >= 11 is 1.83. The van der Waals surface area contributed by atoms with Gasteiger partial charge in [-0.15, -0.1) is 11.3 Å². The quantitative estimate of drug-likeness (QED) is 0.175. The van der Waals surface area contributed by atoms with Gasteiger partial charge in [-0.3, -0.25) is 0 Å². The first-order valence-electron chi connectivity index (χ1n) is 17.3. The number of fused-ring (bicyclic) bond motifs is 7. The van der Waals surface area contributed by atoms with Crippen molar-refractivity contribution in [3.8, 4) is 33.4 Å². The van der Waals surface area contributed by atoms with Gasteiger partial charge in [0.05, 0.1) is 10.4 Å². The molecule has 10 aromatic rings. The van der Waals surface area contributed by atoms with Gasteiger partial charge >= 0.3 is 0 Å². The molecule has 0 saturated heterocycles. The second kappa shape index (κ2) is 12.2. The van der Waals surface area contributed by atoms with Crippen molar-refractivity contribution in [3.05, 3.63) is 188 Å². The molecule has 0 fully saturated rings. The number of thiophene rings is 1. The van der Waals surface area contributed by atoms with Crippen LogP contribution in [0.1, 0.15) is 0 Å². The fourth-order valence-corrected chi connectivity index (χ4v) is 8.59. The van der Waals surface area contributed by atoms with Crippen LogP contribution in [0, 0.1) is 0 Å². The Morgan fingerprint density at radius 1 is 0.392 bits per heavy atom. The van der Waals surface area contributed by atoms with Crippen LogP contribution in [0.4, 0.5) is 17.1 Å². The predicted molar refractivity (Wildman–Crippen MR) is 218 cm³/mol. The minimum absolute atomic E-state index is 0.904. The third-order valence-corrected chi connectivity index (χ3v) is 11.1. The van der Waals surface area contributed by atoms with Crippen LogP contribution in [-0.4, -0.2) is 0 Å². The highest BCUT2D eigenvalue weighted by atomic mass is 32.1. The summed E-state index contributed by atoms with van der Waals surface area (Å²) in [6.07, 6.45) is 0. The van der Waals surface area contributed by atoms with Crippen molar-refractivity contribution >= 4 is 70.5 Å². The molecule has 10 rings (SSSR count). The summed E-state index contributed by atoms with van der Waals surface area (Å²) < 4.78 is 9.09. The minimum atomic E-state index is 0.904. The van der Waals surface area contributed by atoms with Crippen LogP contribution >= 0.6 is 11.3 Å². The van der Waals surface area contributed by atoms with Crippen molar-refractivity contribution in [2.75, 3.05) is 4.90 Å². The number of rotatable bonds is 6. The van der Waals surface area contributed by atoms with Crippen molar-refractivity contribution in [3.63, 3.8) is 0 Å². The van der Waals surface area contributed by atoms with E-state index in [1.807, 2.05) is 17.4 Å². The largest absolute Gasteiger partial charge is 0.455 e. The van der Waals surface area contributed by atoms with Gasteiger partial charge in [0.1, 0.15) is 11.2 Å². The maximum Gasteiger partial charge on any atom is 0.144 e. The van der Waals surface area contributed by atoms with Gasteiger partial charge in [0, 0.05) is 37.6 Å². The van der Waals surface area contributed by atoms with Gasteiger partial charge in [0.2, 0.25) is 0 Å². The first-order chi connectivity index (χ1) is 25.3. The lowest BCUT2D eigenvalue weighted by molar-refractivity contribution is 0.673. The van der Waals surface area contributed by atoms with E-state index >= 15 is 0 Å². The molecule has 0 bridgehead atoms. The average molecular weight is 670 g/mol. The van der Waals surface area contributed by atoms with Gasteiger partial charge in [0.15, 0.2) is 0 Å². The molecule has 2 nitrogen and oxygen atoms in total. The van der Waals surface area contributed by atoms with Crippen molar-refractivity contribution in [1.29, 1.82) is 0 Å². The van der Waals surface area contributed by atoms with Crippen molar-refractivity contribution in [2.45, 2.75) is 0 Å². The normalized spacial score (nSPS) is 11.5. The van der Waals surface area contributed by atoms with Crippen molar-refractivity contribution < 1.29 is 4.42 Å². The molecule has 0 N–H and O–H groups in total. The number of anilines is 3. The van der Waals surface area contributed by atoms with Crippen LogP contribution in [-0.2, 0) is 0 Å². The zero-order valence-electron chi connectivity index (χ0n) is 27.7. The van der Waals surface area contributed by atoms with Gasteiger partial charge in [-0.1, -0.05) is 146 Å². The molecule has 0 aliphatic carbocycles. The second-order valence-electron chi connectivity index (χ2n) is 12.9. The molecule has 0 aliphatic rings. The summed E-state index contributed by atoms with van der Waals surface area (Å²) in [7, 11) is 0. The first-order valence-corrected chi connectivity index (χ1v) is 18.1. The highest BCUT2D eigenvalue weighted by Crippen LogP contribution is 2.50. The van der Waals surface area contributed by atoms with E-state index in [1.165, 1.54) is 53.6 Å². The number of hydrogen-bond donors (Lipinski definition) is 0. The Labute approximate surface area is 300 Å². The molecule has 2 aromatic heterocycles. The highest BCUT2D eigenvalue weighted by Gasteiger charge is 2.23. The fraction of sp³-hybridized carbons (Fsp3) is 0. The monoisotopic (exact) mass is 669 g/mol. The topological polar surface area (TPSA) is 16.4 Å². The maximum atomic E-state index is 6.64. The van der Waals surface area contributed by atoms with E-state index in [1.54, 1.807) is 0 Å². The average Bonchev–Trinajstić information content (AvgIpc) is 3.78. The maximum absolute atomic E-state index is 6.64. The number of para-hydroxylation sites is 1. The number of furan rings is 1. The highest BCUT2D eigenvalue weighted by molar-refractivity contribution is 7.26. The zero-order chi connectivity index (χ0) is 33.7. The number of hydrogen-bond acceptors (Lipinski definition) is 3. The summed E-state index contributed by atoms with van der Waals surface area (Å²) in [6, 6.07) is 67.3. The van der Waals surface area contributed by atoms with Crippen LogP contribution in [0.3, 0.4) is 0 Å². The molecule has 3 heteroatoms. The summed E-state index contributed by atoms with van der Waals surface area (Å²) in [4.78, 5) is 2.42. The molecule has 0 atom stereocenters. The van der Waals surface area contributed by atoms with Crippen LogP contribution in [0.25, 0.3) is 75.5 Å². The lowest BCUT2D eigenvalue weighted by Crippen LogP contribution is -2.10. The number of benzene rings is 8. The first kappa shape index (κ1) is 29.5. The van der Waals surface area contributed by atoms with Crippen LogP contribution in [0.2, 0.25) is 0 Å². The molecule has 0 amide bonds. The SMILES string of the molecule is c1ccc(-c2ccc(-c3ccc(N(c4cccc(-c5ccccc5)c4)c4cc5c6ccccc6oc5c5c4sc4ccccc45)cc3)cc2)cc1. The Morgan fingerprint density at radius 2 is 0.941 bits per heavy atom. The Bertz CT molecular complexity index is 2830. The van der Waals surface area contributed by atoms with Crippen LogP contribution in [0.5, 0.6) is 0 Å². The summed E-state index contributed by atoms with van der Waals surface area (Å²) in [6.45, 7) is 0. The van der Waals surface area contributed by atoms with Gasteiger partial charge < -0.3 is 9.32 Å². The molecule has 0 spiro atoms. The molecule has 240 valence electrons. The van der Waals surface area contributed by atoms with Crippen molar-refractivity contribution in [2.24, 2.45) is 0 Å². The molecule has 8 aromatic carbocycles. The minimum Gasteiger partial charge on any atom is -0.455 e. The van der Waals surface area contributed by atoms with E-state index in [9.17, 15) is 0 Å². The van der Waals surface area contributed by atoms with E-state index in [0.717, 1.165) is 39.0 Å². The van der Waals surface area contributed by atoms with Crippen molar-refractivity contribution in [1.82, 2.24) is 0 Å². The Kier molecular flexibility index (Phi) is 7.04. The van der Waals surface area contributed by atoms with Gasteiger partial charge in [-0.25, -0.2) is 0 Å². The standard InChI is InChI=1S/C48H31NOS/c1-3-12-32(13-4-1)34-22-24-35(25-23-34)36-26-28-38(29-27-36)49(39-17-11-16-37(30-39)33-14-5-2-6-15-33)43-31-42-40-18-7-9-20-44(40)50-47(42)46-41-19-8-10-21-45(41)51-48(43)46/h1-31H. The number of nitrogens with zero attached hydrogens (tertiary/aromatic N) is 1. The molecular formula is C48H31NOS. The van der Waals surface area contributed by atoms with Gasteiger partial charge in [-0.05, 0) is 75.8 Å². The molecule has 0 unspecified atom stereocenters. The smallest absolute Gasteiger partial charge is 0.144 e. The Balaban J connectivity index is 1.18. The van der Waals surface area contributed by atoms with E-state index in [-0.39, 0.29) is 0 Å². The van der Waals surface area contributed by atoms with E-state index in [0.29, 0.717) is 0 Å². The molecular weight excluding hydrogens is 639 g/mol. The second-order valence-corrected chi connectivity index (χ2v) is 14.0. The molecule has 51 heavy (non-hydrogen) atoms. The Hall–Kier alpha value is -6.42. The Morgan fingerprint density at radius 3 is 1.65 bits per heavy atom. The zero-order valence-corrected chi connectivity index (χ0v) is 28.5. The van der Waals surface area contributed by atoms with Crippen LogP contribution in [0.15, 0.2) is 192 Å². The molecule has 0 saturated carbocycles. The third kappa shape index (κ3) is 5.10. The fourth-order valence-electron chi connectivity index (χ4n) is 7.39. The summed E-state index contributed by atoms with van der Waals surface area (Å²) in [5.41, 5.74) is 12.4. The molecule has 2 heterocycles. The van der Waals surface area contributed by atoms with Gasteiger partial charge in [0.25, 0.3) is 0 Å². The molecule has 0 aliphatic heterocycles. The molecule has 0 radical (unpaired) electrons. The lowest BCUT2D eigenvalue weighted by atomic mass is 9.99. The van der Waals surface area contributed by atoms with E-state index < -0.39 is 0 Å². The van der Waals surface area contributed by atoms with Crippen LogP contribution < -0.4 is 4.90 Å². The summed E-state index contributed by atoms with van der Waals surface area (Å²) in [5.74, 6) is 0.